The van der Waals surface area contributed by atoms with Gasteiger partial charge in [0.05, 0.1) is 17.3 Å². The molecule has 1 N–H and O–H groups in total. The number of benzene rings is 1. The fourth-order valence-electron chi connectivity index (χ4n) is 1.61. The van der Waals surface area contributed by atoms with Crippen molar-refractivity contribution < 1.29 is 9.47 Å². The summed E-state index contributed by atoms with van der Waals surface area (Å²) < 4.78 is 11.6. The van der Waals surface area contributed by atoms with Gasteiger partial charge in [-0.05, 0) is 40.2 Å². The van der Waals surface area contributed by atoms with Crippen molar-refractivity contribution >= 4 is 15.9 Å². The summed E-state index contributed by atoms with van der Waals surface area (Å²) in [6.07, 6.45) is 0. The normalized spacial score (nSPS) is 10.7. The van der Waals surface area contributed by atoms with E-state index in [2.05, 4.69) is 45.3 Å². The van der Waals surface area contributed by atoms with Gasteiger partial charge in [-0.2, -0.15) is 5.10 Å². The number of aromatic nitrogens is 2. The molecule has 1 aromatic heterocycles. The lowest BCUT2D eigenvalue weighted by atomic mass is 10.3. The van der Waals surface area contributed by atoms with Crippen LogP contribution < -0.4 is 14.8 Å². The standard InChI is InChI=1S/C15H18BrN3O2/c1-10(2)17-9-11-4-7-15(19-18-11)21-14-6-5-12(20-3)8-13(14)16/h4-8,10,17H,9H2,1-3H3. The van der Waals surface area contributed by atoms with Gasteiger partial charge in [-0.15, -0.1) is 5.10 Å². The Bertz CT molecular complexity index is 588. The highest BCUT2D eigenvalue weighted by Gasteiger charge is 2.06. The molecule has 1 aromatic carbocycles. The molecule has 0 bridgehead atoms. The average Bonchev–Trinajstić information content (AvgIpc) is 2.48. The van der Waals surface area contributed by atoms with E-state index >= 15 is 0 Å². The van der Waals surface area contributed by atoms with Crippen LogP contribution in [0.3, 0.4) is 0 Å². The van der Waals surface area contributed by atoms with Gasteiger partial charge in [-0.25, -0.2) is 0 Å². The van der Waals surface area contributed by atoms with Gasteiger partial charge in [0.15, 0.2) is 0 Å². The lowest BCUT2D eigenvalue weighted by molar-refractivity contribution is 0.410. The molecule has 5 nitrogen and oxygen atoms in total. The van der Waals surface area contributed by atoms with Crippen molar-refractivity contribution in [2.24, 2.45) is 0 Å². The van der Waals surface area contributed by atoms with Gasteiger partial charge >= 0.3 is 0 Å². The number of rotatable bonds is 6. The Balaban J connectivity index is 2.03. The van der Waals surface area contributed by atoms with Crippen LogP contribution in [0.15, 0.2) is 34.8 Å². The molecule has 112 valence electrons. The van der Waals surface area contributed by atoms with Gasteiger partial charge in [0.2, 0.25) is 5.88 Å². The zero-order valence-corrected chi connectivity index (χ0v) is 13.8. The highest BCUT2D eigenvalue weighted by atomic mass is 79.9. The molecule has 0 unspecified atom stereocenters. The minimum Gasteiger partial charge on any atom is -0.497 e. The quantitative estimate of drug-likeness (QED) is 0.862. The Morgan fingerprint density at radius 1 is 1.19 bits per heavy atom. The number of hydrogen-bond donors (Lipinski definition) is 1. The Hall–Kier alpha value is -1.66. The van der Waals surface area contributed by atoms with Crippen molar-refractivity contribution in [2.45, 2.75) is 26.4 Å². The van der Waals surface area contributed by atoms with Gasteiger partial charge in [-0.1, -0.05) is 13.8 Å². The summed E-state index contributed by atoms with van der Waals surface area (Å²) in [5.74, 6) is 1.88. The molecule has 0 aliphatic heterocycles. The summed E-state index contributed by atoms with van der Waals surface area (Å²) in [6, 6.07) is 9.60. The molecule has 2 rings (SSSR count). The van der Waals surface area contributed by atoms with Gasteiger partial charge < -0.3 is 14.8 Å². The molecule has 0 aliphatic carbocycles. The van der Waals surface area contributed by atoms with Crippen molar-refractivity contribution in [1.29, 1.82) is 0 Å². The molecule has 0 radical (unpaired) electrons. The second kappa shape index (κ2) is 7.38. The van der Waals surface area contributed by atoms with Crippen molar-refractivity contribution in [3.63, 3.8) is 0 Å². The summed E-state index contributed by atoms with van der Waals surface area (Å²) in [5, 5.41) is 11.5. The van der Waals surface area contributed by atoms with Gasteiger partial charge in [0.1, 0.15) is 11.5 Å². The van der Waals surface area contributed by atoms with Crippen LogP contribution in [0, 0.1) is 0 Å². The summed E-state index contributed by atoms with van der Waals surface area (Å²) in [5.41, 5.74) is 0.879. The highest BCUT2D eigenvalue weighted by molar-refractivity contribution is 9.10. The van der Waals surface area contributed by atoms with E-state index in [4.69, 9.17) is 9.47 Å². The van der Waals surface area contributed by atoms with E-state index in [0.717, 1.165) is 15.9 Å². The van der Waals surface area contributed by atoms with Gasteiger partial charge in [0.25, 0.3) is 0 Å². The fraction of sp³-hybridized carbons (Fsp3) is 0.333. The summed E-state index contributed by atoms with van der Waals surface area (Å²) >= 11 is 3.44. The molecule has 0 spiro atoms. The molecule has 0 saturated heterocycles. The summed E-state index contributed by atoms with van der Waals surface area (Å²) in [7, 11) is 1.62. The second-order valence-electron chi connectivity index (χ2n) is 4.80. The Labute approximate surface area is 132 Å². The first-order valence-corrected chi connectivity index (χ1v) is 7.45. The van der Waals surface area contributed by atoms with Crippen molar-refractivity contribution in [3.8, 4) is 17.4 Å². The second-order valence-corrected chi connectivity index (χ2v) is 5.65. The molecule has 2 aromatic rings. The van der Waals surface area contributed by atoms with Crippen LogP contribution in [-0.4, -0.2) is 23.3 Å². The van der Waals surface area contributed by atoms with Crippen molar-refractivity contribution in [2.75, 3.05) is 7.11 Å². The fourth-order valence-corrected chi connectivity index (χ4v) is 2.05. The predicted octanol–water partition coefficient (Wildman–Crippen LogP) is 3.54. The monoisotopic (exact) mass is 351 g/mol. The van der Waals surface area contributed by atoms with Crippen LogP contribution in [0.25, 0.3) is 0 Å². The maximum Gasteiger partial charge on any atom is 0.238 e. The molecule has 0 saturated carbocycles. The van der Waals surface area contributed by atoms with Crippen LogP contribution in [-0.2, 0) is 6.54 Å². The Kier molecular flexibility index (Phi) is 5.52. The first-order chi connectivity index (χ1) is 10.1. The minimum absolute atomic E-state index is 0.415. The van der Waals surface area contributed by atoms with E-state index in [9.17, 15) is 0 Å². The Morgan fingerprint density at radius 2 is 2.00 bits per heavy atom. The van der Waals surface area contributed by atoms with Crippen LogP contribution in [0.2, 0.25) is 0 Å². The van der Waals surface area contributed by atoms with Crippen LogP contribution >= 0.6 is 15.9 Å². The summed E-state index contributed by atoms with van der Waals surface area (Å²) in [4.78, 5) is 0. The number of methoxy groups -OCH3 is 1. The molecule has 0 fully saturated rings. The molecule has 0 atom stereocenters. The molecule has 1 heterocycles. The highest BCUT2D eigenvalue weighted by Crippen LogP contribution is 2.31. The molecule has 0 aliphatic rings. The van der Waals surface area contributed by atoms with Gasteiger partial charge in [-0.3, -0.25) is 0 Å². The first kappa shape index (κ1) is 15.7. The molecule has 0 amide bonds. The number of nitrogens with zero attached hydrogens (tertiary/aromatic N) is 2. The topological polar surface area (TPSA) is 56.3 Å². The van der Waals surface area contributed by atoms with E-state index in [1.807, 2.05) is 24.3 Å². The molecular formula is C15H18BrN3O2. The maximum atomic E-state index is 5.69. The predicted molar refractivity (Wildman–Crippen MR) is 84.8 cm³/mol. The molecule has 6 heteroatoms. The largest absolute Gasteiger partial charge is 0.497 e. The molecule has 21 heavy (non-hydrogen) atoms. The number of halogens is 1. The molecular weight excluding hydrogens is 334 g/mol. The zero-order chi connectivity index (χ0) is 15.2. The first-order valence-electron chi connectivity index (χ1n) is 6.66. The minimum atomic E-state index is 0.415. The zero-order valence-electron chi connectivity index (χ0n) is 12.3. The SMILES string of the molecule is COc1ccc(Oc2ccc(CNC(C)C)nn2)c(Br)c1. The summed E-state index contributed by atoms with van der Waals surface area (Å²) in [6.45, 7) is 4.87. The average molecular weight is 352 g/mol. The van der Waals surface area contributed by atoms with E-state index in [1.165, 1.54) is 0 Å². The van der Waals surface area contributed by atoms with Crippen LogP contribution in [0.1, 0.15) is 19.5 Å². The Morgan fingerprint density at radius 3 is 2.57 bits per heavy atom. The maximum absolute atomic E-state index is 5.69. The smallest absolute Gasteiger partial charge is 0.238 e. The van der Waals surface area contributed by atoms with E-state index < -0.39 is 0 Å². The van der Waals surface area contributed by atoms with Gasteiger partial charge in [0, 0.05) is 18.7 Å². The van der Waals surface area contributed by atoms with Crippen LogP contribution in [0.4, 0.5) is 0 Å². The lowest BCUT2D eigenvalue weighted by Gasteiger charge is -2.09. The lowest BCUT2D eigenvalue weighted by Crippen LogP contribution is -2.22. The van der Waals surface area contributed by atoms with E-state index in [-0.39, 0.29) is 0 Å². The van der Waals surface area contributed by atoms with Crippen molar-refractivity contribution in [3.05, 3.63) is 40.5 Å². The van der Waals surface area contributed by atoms with E-state index in [1.54, 1.807) is 13.2 Å². The van der Waals surface area contributed by atoms with E-state index in [0.29, 0.717) is 24.2 Å². The number of hydrogen-bond acceptors (Lipinski definition) is 5. The van der Waals surface area contributed by atoms with Crippen LogP contribution in [0.5, 0.6) is 17.4 Å². The third kappa shape index (κ3) is 4.68. The number of ether oxygens (including phenoxy) is 2. The number of nitrogens with one attached hydrogen (secondary N) is 1. The third-order valence-corrected chi connectivity index (χ3v) is 3.36. The van der Waals surface area contributed by atoms with Crippen molar-refractivity contribution in [1.82, 2.24) is 15.5 Å². The third-order valence-electron chi connectivity index (χ3n) is 2.74.